The zero-order chi connectivity index (χ0) is 13.9. The van der Waals surface area contributed by atoms with Gasteiger partial charge in [0.15, 0.2) is 5.84 Å². The Hall–Kier alpha value is -1.30. The van der Waals surface area contributed by atoms with Gasteiger partial charge in [0, 0.05) is 19.1 Å². The molecule has 2 fully saturated rings. The zero-order valence-corrected chi connectivity index (χ0v) is 11.6. The molecule has 0 aromatic heterocycles. The Balaban J connectivity index is 1.72. The minimum atomic E-state index is -0.735. The molecule has 0 bridgehead atoms. The molecule has 2 saturated carbocycles. The van der Waals surface area contributed by atoms with Crippen molar-refractivity contribution in [1.29, 1.82) is 0 Å². The Bertz CT molecular complexity index is 360. The maximum Gasteiger partial charge on any atom is 0.234 e. The van der Waals surface area contributed by atoms with Crippen molar-refractivity contribution in [3.05, 3.63) is 0 Å². The second-order valence-electron chi connectivity index (χ2n) is 5.74. The molecule has 4 N–H and O–H groups in total. The third-order valence-corrected chi connectivity index (χ3v) is 4.48. The van der Waals surface area contributed by atoms with Gasteiger partial charge in [-0.3, -0.25) is 4.79 Å². The number of nitrogens with two attached hydrogens (primary N) is 1. The van der Waals surface area contributed by atoms with Gasteiger partial charge in [0.25, 0.3) is 0 Å². The summed E-state index contributed by atoms with van der Waals surface area (Å²) in [4.78, 5) is 14.3. The molecule has 6 nitrogen and oxygen atoms in total. The molecule has 1 amide bonds. The Morgan fingerprint density at radius 3 is 2.63 bits per heavy atom. The molecule has 0 saturated heterocycles. The number of likely N-dealkylation sites (N-methyl/N-ethyl adjacent to an activating group) is 1. The highest BCUT2D eigenvalue weighted by Crippen LogP contribution is 2.45. The van der Waals surface area contributed by atoms with Crippen LogP contribution in [-0.4, -0.2) is 48.0 Å². The van der Waals surface area contributed by atoms with Gasteiger partial charge in [-0.25, -0.2) is 0 Å². The fraction of sp³-hybridized carbons (Fsp3) is 0.846. The molecule has 0 atom stereocenters. The molecule has 0 radical (unpaired) electrons. The SMILES string of the molecule is CN(CCNC(=O)C1(C(N)=NO)CC1)C1CCCC1. The molecule has 2 aliphatic rings. The number of oxime groups is 1. The zero-order valence-electron chi connectivity index (χ0n) is 11.6. The van der Waals surface area contributed by atoms with Crippen LogP contribution in [0.2, 0.25) is 0 Å². The van der Waals surface area contributed by atoms with E-state index >= 15 is 0 Å². The van der Waals surface area contributed by atoms with E-state index in [1.807, 2.05) is 0 Å². The van der Waals surface area contributed by atoms with Gasteiger partial charge >= 0.3 is 0 Å². The summed E-state index contributed by atoms with van der Waals surface area (Å²) in [6.45, 7) is 1.47. The van der Waals surface area contributed by atoms with Crippen molar-refractivity contribution in [2.75, 3.05) is 20.1 Å². The first-order valence-corrected chi connectivity index (χ1v) is 7.07. The van der Waals surface area contributed by atoms with Gasteiger partial charge in [-0.05, 0) is 32.7 Å². The highest BCUT2D eigenvalue weighted by atomic mass is 16.4. The average Bonchev–Trinajstić information content (AvgIpc) is 3.04. The number of nitrogens with zero attached hydrogens (tertiary/aromatic N) is 2. The second kappa shape index (κ2) is 5.77. The van der Waals surface area contributed by atoms with Crippen LogP contribution in [0.25, 0.3) is 0 Å². The Kier molecular flexibility index (Phi) is 4.29. The van der Waals surface area contributed by atoms with Crippen LogP contribution in [0.4, 0.5) is 0 Å². The number of nitrogens with one attached hydrogen (secondary N) is 1. The molecule has 6 heteroatoms. The van der Waals surface area contributed by atoms with E-state index in [9.17, 15) is 4.79 Å². The minimum absolute atomic E-state index is 0.0362. The van der Waals surface area contributed by atoms with Gasteiger partial charge in [-0.2, -0.15) is 0 Å². The van der Waals surface area contributed by atoms with Crippen LogP contribution in [0, 0.1) is 5.41 Å². The van der Waals surface area contributed by atoms with Crippen LogP contribution >= 0.6 is 0 Å². The van der Waals surface area contributed by atoms with E-state index in [4.69, 9.17) is 10.9 Å². The van der Waals surface area contributed by atoms with Crippen molar-refractivity contribution >= 4 is 11.7 Å². The summed E-state index contributed by atoms with van der Waals surface area (Å²) in [5.74, 6) is -0.0724. The molecular weight excluding hydrogens is 244 g/mol. The predicted molar refractivity (Wildman–Crippen MR) is 73.0 cm³/mol. The van der Waals surface area contributed by atoms with E-state index in [2.05, 4.69) is 22.4 Å². The summed E-state index contributed by atoms with van der Waals surface area (Å²) >= 11 is 0. The van der Waals surface area contributed by atoms with Crippen molar-refractivity contribution in [2.24, 2.45) is 16.3 Å². The summed E-state index contributed by atoms with van der Waals surface area (Å²) in [6, 6.07) is 0.663. The van der Waals surface area contributed by atoms with Crippen LogP contribution in [-0.2, 0) is 4.79 Å². The molecule has 0 unspecified atom stereocenters. The van der Waals surface area contributed by atoms with Gasteiger partial charge in [-0.15, -0.1) is 0 Å². The van der Waals surface area contributed by atoms with E-state index in [0.717, 1.165) is 6.54 Å². The largest absolute Gasteiger partial charge is 0.409 e. The number of carbonyl (C=O) groups excluding carboxylic acids is 1. The smallest absolute Gasteiger partial charge is 0.234 e. The quantitative estimate of drug-likeness (QED) is 0.283. The molecule has 2 rings (SSSR count). The van der Waals surface area contributed by atoms with Crippen LogP contribution in [0.1, 0.15) is 38.5 Å². The lowest BCUT2D eigenvalue weighted by molar-refractivity contribution is -0.124. The van der Waals surface area contributed by atoms with E-state index in [0.29, 0.717) is 25.4 Å². The number of amides is 1. The lowest BCUT2D eigenvalue weighted by Gasteiger charge is -2.24. The summed E-state index contributed by atoms with van der Waals surface area (Å²) in [5.41, 5.74) is 4.84. The van der Waals surface area contributed by atoms with E-state index < -0.39 is 5.41 Å². The molecular formula is C13H24N4O2. The van der Waals surface area contributed by atoms with Gasteiger partial charge in [-0.1, -0.05) is 18.0 Å². The molecule has 2 aliphatic carbocycles. The Labute approximate surface area is 114 Å². The molecule has 0 aromatic rings. The van der Waals surface area contributed by atoms with Crippen LogP contribution in [0.15, 0.2) is 5.16 Å². The van der Waals surface area contributed by atoms with E-state index in [1.165, 1.54) is 25.7 Å². The monoisotopic (exact) mass is 268 g/mol. The molecule has 19 heavy (non-hydrogen) atoms. The highest BCUT2D eigenvalue weighted by molar-refractivity contribution is 6.09. The maximum absolute atomic E-state index is 12.0. The lowest BCUT2D eigenvalue weighted by atomic mass is 10.1. The summed E-state index contributed by atoms with van der Waals surface area (Å²) in [5, 5.41) is 14.6. The topological polar surface area (TPSA) is 91.0 Å². The predicted octanol–water partition coefficient (Wildman–Crippen LogP) is 0.504. The molecule has 0 heterocycles. The van der Waals surface area contributed by atoms with Crippen molar-refractivity contribution in [1.82, 2.24) is 10.2 Å². The van der Waals surface area contributed by atoms with E-state index in [-0.39, 0.29) is 11.7 Å². The number of carbonyl (C=O) groups is 1. The third-order valence-electron chi connectivity index (χ3n) is 4.48. The second-order valence-corrected chi connectivity index (χ2v) is 5.74. The maximum atomic E-state index is 12.0. The van der Waals surface area contributed by atoms with Crippen LogP contribution < -0.4 is 11.1 Å². The minimum Gasteiger partial charge on any atom is -0.409 e. The number of hydrogen-bond donors (Lipinski definition) is 3. The Morgan fingerprint density at radius 1 is 1.47 bits per heavy atom. The standard InChI is InChI=1S/C13H24N4O2/c1-17(10-4-2-3-5-10)9-8-15-12(18)13(6-7-13)11(14)16-19/h10,19H,2-9H2,1H3,(H2,14,16)(H,15,18). The fourth-order valence-corrected chi connectivity index (χ4v) is 2.86. The fourth-order valence-electron chi connectivity index (χ4n) is 2.86. The highest BCUT2D eigenvalue weighted by Gasteiger charge is 2.54. The first kappa shape index (κ1) is 14.1. The number of hydrogen-bond acceptors (Lipinski definition) is 4. The van der Waals surface area contributed by atoms with Crippen LogP contribution in [0.3, 0.4) is 0 Å². The molecule has 0 aromatic carbocycles. The average molecular weight is 268 g/mol. The van der Waals surface area contributed by atoms with Crippen molar-refractivity contribution in [3.63, 3.8) is 0 Å². The summed E-state index contributed by atoms with van der Waals surface area (Å²) in [7, 11) is 2.11. The van der Waals surface area contributed by atoms with Crippen molar-refractivity contribution in [3.8, 4) is 0 Å². The Morgan fingerprint density at radius 2 is 2.11 bits per heavy atom. The number of rotatable bonds is 6. The molecule has 0 aliphatic heterocycles. The normalized spacial score (nSPS) is 22.7. The molecule has 0 spiro atoms. The van der Waals surface area contributed by atoms with Gasteiger partial charge < -0.3 is 21.2 Å². The lowest BCUT2D eigenvalue weighted by Crippen LogP contribution is -2.44. The van der Waals surface area contributed by atoms with E-state index in [1.54, 1.807) is 0 Å². The summed E-state index contributed by atoms with van der Waals surface area (Å²) in [6.07, 6.45) is 6.50. The molecule has 108 valence electrons. The van der Waals surface area contributed by atoms with Crippen molar-refractivity contribution < 1.29 is 10.0 Å². The number of amidine groups is 1. The third kappa shape index (κ3) is 3.00. The van der Waals surface area contributed by atoms with Gasteiger partial charge in [0.05, 0.1) is 0 Å². The van der Waals surface area contributed by atoms with Gasteiger partial charge in [0.1, 0.15) is 5.41 Å². The summed E-state index contributed by atoms with van der Waals surface area (Å²) < 4.78 is 0. The first-order valence-electron chi connectivity index (χ1n) is 7.07. The van der Waals surface area contributed by atoms with Gasteiger partial charge in [0.2, 0.25) is 5.91 Å². The first-order chi connectivity index (χ1) is 9.10. The van der Waals surface area contributed by atoms with Crippen molar-refractivity contribution in [2.45, 2.75) is 44.6 Å². The van der Waals surface area contributed by atoms with Crippen LogP contribution in [0.5, 0.6) is 0 Å².